The first-order valence-electron chi connectivity index (χ1n) is 7.33. The molecule has 1 fully saturated rings. The van der Waals surface area contributed by atoms with Crippen molar-refractivity contribution in [1.29, 1.82) is 0 Å². The number of anilines is 1. The SMILES string of the molecule is c1ccc([C@@H]2C[C@H]2N2CCCc3ccccc32)cc1. The molecule has 1 aliphatic heterocycles. The second-order valence-corrected chi connectivity index (χ2v) is 5.75. The highest BCUT2D eigenvalue weighted by atomic mass is 15.2. The van der Waals surface area contributed by atoms with E-state index in [1.54, 1.807) is 0 Å². The van der Waals surface area contributed by atoms with E-state index in [1.165, 1.54) is 42.6 Å². The molecule has 1 heterocycles. The molecule has 2 aromatic rings. The summed E-state index contributed by atoms with van der Waals surface area (Å²) in [6.45, 7) is 1.23. The van der Waals surface area contributed by atoms with E-state index in [0.29, 0.717) is 0 Å². The second-order valence-electron chi connectivity index (χ2n) is 5.75. The maximum atomic E-state index is 2.65. The Balaban J connectivity index is 1.60. The summed E-state index contributed by atoms with van der Waals surface area (Å²) >= 11 is 0. The molecule has 19 heavy (non-hydrogen) atoms. The molecule has 96 valence electrons. The summed E-state index contributed by atoms with van der Waals surface area (Å²) < 4.78 is 0. The van der Waals surface area contributed by atoms with Gasteiger partial charge >= 0.3 is 0 Å². The number of hydrogen-bond acceptors (Lipinski definition) is 1. The molecule has 0 amide bonds. The summed E-state index contributed by atoms with van der Waals surface area (Å²) in [5, 5.41) is 0. The molecule has 0 unspecified atom stereocenters. The van der Waals surface area contributed by atoms with Crippen molar-refractivity contribution in [2.24, 2.45) is 0 Å². The topological polar surface area (TPSA) is 3.24 Å². The number of para-hydroxylation sites is 1. The van der Waals surface area contributed by atoms with Gasteiger partial charge in [0.1, 0.15) is 0 Å². The van der Waals surface area contributed by atoms with Crippen molar-refractivity contribution in [1.82, 2.24) is 0 Å². The average molecular weight is 249 g/mol. The standard InChI is InChI=1S/C18H19N/c1-2-7-14(8-3-1)16-13-18(16)19-12-6-10-15-9-4-5-11-17(15)19/h1-5,7-9,11,16,18H,6,10,12-13H2/t16-,18+/m0/s1. The molecule has 4 rings (SSSR count). The molecular weight excluding hydrogens is 230 g/mol. The van der Waals surface area contributed by atoms with Crippen LogP contribution in [0.25, 0.3) is 0 Å². The van der Waals surface area contributed by atoms with Gasteiger partial charge in [-0.1, -0.05) is 48.5 Å². The van der Waals surface area contributed by atoms with E-state index >= 15 is 0 Å². The highest BCUT2D eigenvalue weighted by molar-refractivity contribution is 5.58. The van der Waals surface area contributed by atoms with Crippen molar-refractivity contribution >= 4 is 5.69 Å². The predicted octanol–water partition coefficient (Wildman–Crippen LogP) is 4.00. The molecule has 0 saturated heterocycles. The van der Waals surface area contributed by atoms with Crippen LogP contribution in [0.15, 0.2) is 54.6 Å². The van der Waals surface area contributed by atoms with Crippen LogP contribution in [0.2, 0.25) is 0 Å². The number of nitrogens with zero attached hydrogens (tertiary/aromatic N) is 1. The summed E-state index contributed by atoms with van der Waals surface area (Å²) in [5.41, 5.74) is 4.53. The molecule has 0 spiro atoms. The van der Waals surface area contributed by atoms with Crippen LogP contribution in [-0.4, -0.2) is 12.6 Å². The minimum Gasteiger partial charge on any atom is -0.368 e. The minimum atomic E-state index is 0.726. The Bertz CT molecular complexity index is 575. The van der Waals surface area contributed by atoms with Gasteiger partial charge in [-0.3, -0.25) is 0 Å². The van der Waals surface area contributed by atoms with Gasteiger partial charge in [0.05, 0.1) is 0 Å². The fraction of sp³-hybridized carbons (Fsp3) is 0.333. The van der Waals surface area contributed by atoms with Crippen molar-refractivity contribution in [3.05, 3.63) is 65.7 Å². The average Bonchev–Trinajstić information content (AvgIpc) is 3.28. The molecule has 0 bridgehead atoms. The lowest BCUT2D eigenvalue weighted by molar-refractivity contribution is 0.680. The fourth-order valence-corrected chi connectivity index (χ4v) is 3.49. The first-order chi connectivity index (χ1) is 9.43. The summed E-state index contributed by atoms with van der Waals surface area (Å²) in [6, 6.07) is 20.7. The molecule has 2 atom stereocenters. The van der Waals surface area contributed by atoms with Gasteiger partial charge in [0.25, 0.3) is 0 Å². The predicted molar refractivity (Wildman–Crippen MR) is 79.7 cm³/mol. The number of rotatable bonds is 2. The van der Waals surface area contributed by atoms with Crippen LogP contribution >= 0.6 is 0 Å². The second kappa shape index (κ2) is 4.41. The number of fused-ring (bicyclic) bond motifs is 1. The molecule has 1 saturated carbocycles. The Hall–Kier alpha value is -1.76. The van der Waals surface area contributed by atoms with Crippen LogP contribution < -0.4 is 4.90 Å². The van der Waals surface area contributed by atoms with Crippen molar-refractivity contribution in [3.8, 4) is 0 Å². The third-order valence-electron chi connectivity index (χ3n) is 4.53. The van der Waals surface area contributed by atoms with Crippen LogP contribution in [0.4, 0.5) is 5.69 Å². The van der Waals surface area contributed by atoms with Crippen molar-refractivity contribution < 1.29 is 0 Å². The monoisotopic (exact) mass is 249 g/mol. The van der Waals surface area contributed by atoms with Gasteiger partial charge in [0.2, 0.25) is 0 Å². The summed E-state index contributed by atoms with van der Waals surface area (Å²) in [4.78, 5) is 2.65. The van der Waals surface area contributed by atoms with E-state index in [2.05, 4.69) is 59.5 Å². The number of hydrogen-bond donors (Lipinski definition) is 0. The molecular formula is C18H19N. The molecule has 1 heteroatoms. The Morgan fingerprint density at radius 2 is 1.68 bits per heavy atom. The molecule has 0 N–H and O–H groups in total. The Labute approximate surface area is 114 Å². The van der Waals surface area contributed by atoms with Crippen LogP contribution in [0.3, 0.4) is 0 Å². The highest BCUT2D eigenvalue weighted by Gasteiger charge is 2.43. The maximum Gasteiger partial charge on any atom is 0.0401 e. The van der Waals surface area contributed by atoms with Crippen molar-refractivity contribution in [2.75, 3.05) is 11.4 Å². The first-order valence-corrected chi connectivity index (χ1v) is 7.33. The molecule has 0 radical (unpaired) electrons. The third-order valence-corrected chi connectivity index (χ3v) is 4.53. The zero-order chi connectivity index (χ0) is 12.7. The van der Waals surface area contributed by atoms with Crippen LogP contribution in [0.1, 0.15) is 29.9 Å². The fourth-order valence-electron chi connectivity index (χ4n) is 3.49. The largest absolute Gasteiger partial charge is 0.368 e. The molecule has 2 aromatic carbocycles. The van der Waals surface area contributed by atoms with E-state index in [1.807, 2.05) is 0 Å². The van der Waals surface area contributed by atoms with E-state index in [4.69, 9.17) is 0 Å². The molecule has 0 aromatic heterocycles. The Morgan fingerprint density at radius 1 is 0.895 bits per heavy atom. The first kappa shape index (κ1) is 11.1. The van der Waals surface area contributed by atoms with Gasteiger partial charge in [-0.2, -0.15) is 0 Å². The van der Waals surface area contributed by atoms with Crippen LogP contribution in [-0.2, 0) is 6.42 Å². The van der Waals surface area contributed by atoms with E-state index in [0.717, 1.165) is 12.0 Å². The normalized spacial score (nSPS) is 24.9. The minimum absolute atomic E-state index is 0.726. The van der Waals surface area contributed by atoms with Gasteiger partial charge in [-0.15, -0.1) is 0 Å². The van der Waals surface area contributed by atoms with Crippen molar-refractivity contribution in [3.63, 3.8) is 0 Å². The Kier molecular flexibility index (Phi) is 2.58. The maximum absolute atomic E-state index is 2.65. The zero-order valence-electron chi connectivity index (χ0n) is 11.1. The van der Waals surface area contributed by atoms with Gasteiger partial charge in [-0.25, -0.2) is 0 Å². The van der Waals surface area contributed by atoms with E-state index in [-0.39, 0.29) is 0 Å². The number of aryl methyl sites for hydroxylation is 1. The number of benzene rings is 2. The van der Waals surface area contributed by atoms with Gasteiger partial charge in [0, 0.05) is 24.2 Å². The highest BCUT2D eigenvalue weighted by Crippen LogP contribution is 2.47. The summed E-state index contributed by atoms with van der Waals surface area (Å²) in [6.07, 6.45) is 3.86. The van der Waals surface area contributed by atoms with Gasteiger partial charge in [0.15, 0.2) is 0 Å². The molecule has 1 nitrogen and oxygen atoms in total. The van der Waals surface area contributed by atoms with E-state index in [9.17, 15) is 0 Å². The van der Waals surface area contributed by atoms with E-state index < -0.39 is 0 Å². The zero-order valence-corrected chi connectivity index (χ0v) is 11.1. The molecule has 2 aliphatic rings. The van der Waals surface area contributed by atoms with Crippen molar-refractivity contribution in [2.45, 2.75) is 31.2 Å². The van der Waals surface area contributed by atoms with Gasteiger partial charge < -0.3 is 4.90 Å². The lowest BCUT2D eigenvalue weighted by Gasteiger charge is -2.32. The third kappa shape index (κ3) is 1.94. The lowest BCUT2D eigenvalue weighted by atomic mass is 10.0. The molecule has 1 aliphatic carbocycles. The lowest BCUT2D eigenvalue weighted by Crippen LogP contribution is -2.32. The van der Waals surface area contributed by atoms with Gasteiger partial charge in [-0.05, 0) is 36.5 Å². The van der Waals surface area contributed by atoms with Crippen LogP contribution in [0, 0.1) is 0 Å². The smallest absolute Gasteiger partial charge is 0.0401 e. The van der Waals surface area contributed by atoms with Crippen LogP contribution in [0.5, 0.6) is 0 Å². The quantitative estimate of drug-likeness (QED) is 0.777. The summed E-state index contributed by atoms with van der Waals surface area (Å²) in [5.74, 6) is 0.743. The Morgan fingerprint density at radius 3 is 2.58 bits per heavy atom. The summed E-state index contributed by atoms with van der Waals surface area (Å²) in [7, 11) is 0.